The zero-order chi connectivity index (χ0) is 31.6. The maximum Gasteiger partial charge on any atom is 0.256 e. The van der Waals surface area contributed by atoms with Crippen LogP contribution in [0.4, 0.5) is 11.4 Å². The predicted octanol–water partition coefficient (Wildman–Crippen LogP) is 10.1. The van der Waals surface area contributed by atoms with Crippen molar-refractivity contribution >= 4 is 76.9 Å². The van der Waals surface area contributed by atoms with Crippen molar-refractivity contribution < 1.29 is 9.59 Å². The lowest BCUT2D eigenvalue weighted by molar-refractivity contribution is 0.102. The van der Waals surface area contributed by atoms with E-state index in [1.165, 1.54) is 0 Å². The molecule has 0 fully saturated rings. The Morgan fingerprint density at radius 2 is 0.848 bits per heavy atom. The molecule has 2 N–H and O–H groups in total. The molecule has 0 unspecified atom stereocenters. The number of rotatable bonds is 6. The number of nitrogens with zero attached hydrogens (tertiary/aromatic N) is 2. The summed E-state index contributed by atoms with van der Waals surface area (Å²) in [6.45, 7) is 0. The van der Waals surface area contributed by atoms with E-state index in [1.54, 1.807) is 24.3 Å². The molecule has 222 valence electrons. The molecule has 7 aromatic rings. The standard InChI is InChI=1S/C38H24Br2N4O2/c39-25-13-9-23(10-14-25)35-21-31(29-5-1-3-7-33(29)43-35)37(45)41-27-17-19-28(20-18-27)42-38(46)32-22-36(24-11-15-26(40)16-12-24)44-34-8-4-2-6-30(32)34/h1-22H,(H,41,45)(H,42,46). The highest BCUT2D eigenvalue weighted by molar-refractivity contribution is 9.10. The lowest BCUT2D eigenvalue weighted by atomic mass is 10.0. The van der Waals surface area contributed by atoms with Crippen LogP contribution in [0.2, 0.25) is 0 Å². The van der Waals surface area contributed by atoms with Crippen LogP contribution in [0.5, 0.6) is 0 Å². The maximum absolute atomic E-state index is 13.6. The Hall–Kier alpha value is -5.18. The SMILES string of the molecule is O=C(Nc1ccc(NC(=O)c2cc(-c3ccc(Br)cc3)nc3ccccc23)cc1)c1cc(-c2ccc(Br)cc2)nc2ccccc12. The number of para-hydroxylation sites is 2. The number of anilines is 2. The van der Waals surface area contributed by atoms with Gasteiger partial charge in [0, 0.05) is 42.2 Å². The highest BCUT2D eigenvalue weighted by Crippen LogP contribution is 2.29. The van der Waals surface area contributed by atoms with Crippen molar-refractivity contribution in [1.82, 2.24) is 9.97 Å². The first-order valence-electron chi connectivity index (χ1n) is 14.5. The van der Waals surface area contributed by atoms with E-state index in [9.17, 15) is 9.59 Å². The number of pyridine rings is 2. The molecule has 0 aliphatic rings. The summed E-state index contributed by atoms with van der Waals surface area (Å²) >= 11 is 6.95. The van der Waals surface area contributed by atoms with E-state index in [2.05, 4.69) is 42.5 Å². The van der Waals surface area contributed by atoms with E-state index in [0.717, 1.165) is 41.9 Å². The molecule has 0 saturated carbocycles. The fourth-order valence-electron chi connectivity index (χ4n) is 5.30. The number of carbonyl (C=O) groups is 2. The van der Waals surface area contributed by atoms with Crippen LogP contribution in [0.3, 0.4) is 0 Å². The molecule has 0 aliphatic carbocycles. The van der Waals surface area contributed by atoms with Crippen molar-refractivity contribution in [2.75, 3.05) is 10.6 Å². The van der Waals surface area contributed by atoms with Crippen LogP contribution in [-0.2, 0) is 0 Å². The van der Waals surface area contributed by atoms with Crippen LogP contribution in [0.15, 0.2) is 142 Å². The molecular weight excluding hydrogens is 704 g/mol. The summed E-state index contributed by atoms with van der Waals surface area (Å²) in [5.41, 5.74) is 6.95. The number of carbonyl (C=O) groups excluding carboxylic acids is 2. The van der Waals surface area contributed by atoms with Crippen molar-refractivity contribution in [1.29, 1.82) is 0 Å². The molecule has 8 heteroatoms. The summed E-state index contributed by atoms with van der Waals surface area (Å²) in [6.07, 6.45) is 0. The number of hydrogen-bond donors (Lipinski definition) is 2. The minimum absolute atomic E-state index is 0.252. The second kappa shape index (κ2) is 12.7. The number of aromatic nitrogens is 2. The summed E-state index contributed by atoms with van der Waals surface area (Å²) in [5.74, 6) is -0.505. The monoisotopic (exact) mass is 726 g/mol. The van der Waals surface area contributed by atoms with Gasteiger partial charge in [-0.2, -0.15) is 0 Å². The fraction of sp³-hybridized carbons (Fsp3) is 0. The predicted molar refractivity (Wildman–Crippen MR) is 192 cm³/mol. The van der Waals surface area contributed by atoms with Gasteiger partial charge in [0.2, 0.25) is 0 Å². The van der Waals surface area contributed by atoms with Gasteiger partial charge in [-0.3, -0.25) is 9.59 Å². The number of halogens is 2. The minimum Gasteiger partial charge on any atom is -0.322 e. The summed E-state index contributed by atoms with van der Waals surface area (Å²) in [6, 6.07) is 41.6. The third-order valence-corrected chi connectivity index (χ3v) is 8.66. The van der Waals surface area contributed by atoms with Crippen molar-refractivity contribution in [3.8, 4) is 22.5 Å². The summed E-state index contributed by atoms with van der Waals surface area (Å²) in [5, 5.41) is 7.53. The van der Waals surface area contributed by atoms with Gasteiger partial charge in [0.05, 0.1) is 33.5 Å². The molecule has 0 radical (unpaired) electrons. The van der Waals surface area contributed by atoms with Gasteiger partial charge in [-0.25, -0.2) is 9.97 Å². The Kier molecular flexibility index (Phi) is 8.13. The van der Waals surface area contributed by atoms with Crippen molar-refractivity contribution in [2.45, 2.75) is 0 Å². The summed E-state index contributed by atoms with van der Waals surface area (Å²) in [7, 11) is 0. The van der Waals surface area contributed by atoms with Gasteiger partial charge < -0.3 is 10.6 Å². The molecule has 0 saturated heterocycles. The summed E-state index contributed by atoms with van der Waals surface area (Å²) < 4.78 is 1.93. The normalized spacial score (nSPS) is 11.0. The molecule has 0 bridgehead atoms. The number of benzene rings is 5. The van der Waals surface area contributed by atoms with Crippen LogP contribution in [-0.4, -0.2) is 21.8 Å². The van der Waals surface area contributed by atoms with Gasteiger partial charge in [0.1, 0.15) is 0 Å². The third-order valence-electron chi connectivity index (χ3n) is 7.60. The van der Waals surface area contributed by atoms with Crippen molar-refractivity contribution in [2.24, 2.45) is 0 Å². The first-order chi connectivity index (χ1) is 22.4. The molecule has 2 amide bonds. The lowest BCUT2D eigenvalue weighted by Crippen LogP contribution is -2.14. The highest BCUT2D eigenvalue weighted by atomic mass is 79.9. The van der Waals surface area contributed by atoms with E-state index in [1.807, 2.05) is 109 Å². The molecule has 0 spiro atoms. The Labute approximate surface area is 281 Å². The number of amides is 2. The zero-order valence-electron chi connectivity index (χ0n) is 24.2. The molecule has 5 aromatic carbocycles. The lowest BCUT2D eigenvalue weighted by Gasteiger charge is -2.12. The third kappa shape index (κ3) is 6.18. The number of fused-ring (bicyclic) bond motifs is 2. The Morgan fingerprint density at radius 1 is 0.478 bits per heavy atom. The van der Waals surface area contributed by atoms with Crippen molar-refractivity contribution in [3.05, 3.63) is 154 Å². The Morgan fingerprint density at radius 3 is 1.24 bits per heavy atom. The molecular formula is C38H24Br2N4O2. The van der Waals surface area contributed by atoms with Gasteiger partial charge in [0.25, 0.3) is 11.8 Å². The smallest absolute Gasteiger partial charge is 0.256 e. The van der Waals surface area contributed by atoms with Gasteiger partial charge in [0.15, 0.2) is 0 Å². The largest absolute Gasteiger partial charge is 0.322 e. The van der Waals surface area contributed by atoms with Gasteiger partial charge in [-0.15, -0.1) is 0 Å². The molecule has 2 heterocycles. The van der Waals surface area contributed by atoms with Crippen LogP contribution < -0.4 is 10.6 Å². The number of nitrogens with one attached hydrogen (secondary N) is 2. The number of hydrogen-bond acceptors (Lipinski definition) is 4. The molecule has 7 rings (SSSR count). The fourth-order valence-corrected chi connectivity index (χ4v) is 5.83. The first kappa shape index (κ1) is 29.5. The van der Waals surface area contributed by atoms with Gasteiger partial charge >= 0.3 is 0 Å². The highest BCUT2D eigenvalue weighted by Gasteiger charge is 2.16. The molecule has 2 aromatic heterocycles. The average molecular weight is 728 g/mol. The Bertz CT molecular complexity index is 2090. The van der Waals surface area contributed by atoms with E-state index in [0.29, 0.717) is 33.9 Å². The van der Waals surface area contributed by atoms with Gasteiger partial charge in [-0.1, -0.05) is 92.5 Å². The summed E-state index contributed by atoms with van der Waals surface area (Å²) in [4.78, 5) is 36.7. The van der Waals surface area contributed by atoms with E-state index in [-0.39, 0.29) is 11.8 Å². The van der Waals surface area contributed by atoms with E-state index in [4.69, 9.17) is 9.97 Å². The second-order valence-corrected chi connectivity index (χ2v) is 12.5. The molecule has 6 nitrogen and oxygen atoms in total. The van der Waals surface area contributed by atoms with Crippen LogP contribution in [0, 0.1) is 0 Å². The molecule has 0 aliphatic heterocycles. The van der Waals surface area contributed by atoms with Crippen molar-refractivity contribution in [3.63, 3.8) is 0 Å². The molecule has 0 atom stereocenters. The maximum atomic E-state index is 13.6. The second-order valence-electron chi connectivity index (χ2n) is 10.6. The molecule has 46 heavy (non-hydrogen) atoms. The Balaban J connectivity index is 1.13. The topological polar surface area (TPSA) is 84.0 Å². The van der Waals surface area contributed by atoms with Crippen LogP contribution in [0.1, 0.15) is 20.7 Å². The van der Waals surface area contributed by atoms with Crippen LogP contribution in [0.25, 0.3) is 44.3 Å². The quantitative estimate of drug-likeness (QED) is 0.179. The average Bonchev–Trinajstić information content (AvgIpc) is 3.08. The van der Waals surface area contributed by atoms with E-state index < -0.39 is 0 Å². The first-order valence-corrected chi connectivity index (χ1v) is 16.0. The van der Waals surface area contributed by atoms with E-state index >= 15 is 0 Å². The minimum atomic E-state index is -0.252. The van der Waals surface area contributed by atoms with Gasteiger partial charge in [-0.05, 0) is 72.8 Å². The zero-order valence-corrected chi connectivity index (χ0v) is 27.3. The van der Waals surface area contributed by atoms with Crippen LogP contribution >= 0.6 is 31.9 Å².